The van der Waals surface area contributed by atoms with E-state index in [1.54, 1.807) is 11.3 Å². The Labute approximate surface area is 221 Å². The molecule has 1 amide bonds. The largest absolute Gasteiger partial charge is 0.493 e. The highest BCUT2D eigenvalue weighted by Gasteiger charge is 2.30. The van der Waals surface area contributed by atoms with E-state index in [0.717, 1.165) is 40.3 Å². The smallest absolute Gasteiger partial charge is 0.286 e. The maximum absolute atomic E-state index is 13.5. The van der Waals surface area contributed by atoms with Crippen LogP contribution in [0.25, 0.3) is 20.8 Å². The van der Waals surface area contributed by atoms with Gasteiger partial charge in [-0.3, -0.25) is 19.8 Å². The van der Waals surface area contributed by atoms with Gasteiger partial charge in [0.15, 0.2) is 11.5 Å². The summed E-state index contributed by atoms with van der Waals surface area (Å²) >= 11 is 3.09. The summed E-state index contributed by atoms with van der Waals surface area (Å²) in [7, 11) is 2.81. The van der Waals surface area contributed by atoms with E-state index in [1.807, 2.05) is 24.3 Å². The Morgan fingerprint density at radius 1 is 1.16 bits per heavy atom. The molecule has 0 aliphatic carbocycles. The second-order valence-corrected chi connectivity index (χ2v) is 11.1. The molecule has 0 radical (unpaired) electrons. The molecule has 0 saturated heterocycles. The van der Waals surface area contributed by atoms with Gasteiger partial charge >= 0.3 is 0 Å². The summed E-state index contributed by atoms with van der Waals surface area (Å²) in [4.78, 5) is 33.2. The number of hydrogen-bond donors (Lipinski definition) is 1. The van der Waals surface area contributed by atoms with Crippen molar-refractivity contribution in [3.05, 3.63) is 62.5 Å². The Balaban J connectivity index is 1.60. The van der Waals surface area contributed by atoms with Crippen LogP contribution in [-0.2, 0) is 13.0 Å². The van der Waals surface area contributed by atoms with Crippen LogP contribution in [0.15, 0.2) is 36.4 Å². The van der Waals surface area contributed by atoms with Crippen molar-refractivity contribution in [1.82, 2.24) is 9.88 Å². The van der Waals surface area contributed by atoms with Crippen LogP contribution in [0.4, 0.5) is 10.7 Å². The zero-order chi connectivity index (χ0) is 26.3. The molecule has 3 heterocycles. The van der Waals surface area contributed by atoms with E-state index in [2.05, 4.69) is 24.1 Å². The lowest BCUT2D eigenvalue weighted by molar-refractivity contribution is -0.385. The fraction of sp³-hybridized carbons (Fsp3) is 0.308. The first-order valence-electron chi connectivity index (χ1n) is 11.8. The quantitative estimate of drug-likeness (QED) is 0.228. The molecule has 0 atom stereocenters. The Morgan fingerprint density at radius 2 is 1.89 bits per heavy atom. The number of ether oxygens (including phenoxy) is 2. The molecule has 1 aliphatic heterocycles. The fourth-order valence-corrected chi connectivity index (χ4v) is 6.91. The molecule has 37 heavy (non-hydrogen) atoms. The lowest BCUT2D eigenvalue weighted by Crippen LogP contribution is -2.35. The highest BCUT2D eigenvalue weighted by Crippen LogP contribution is 2.46. The predicted octanol–water partition coefficient (Wildman–Crippen LogP) is 5.97. The third-order valence-electron chi connectivity index (χ3n) is 6.49. The standard InChI is InChI=1S/C26H26N4O5S2/c1-14(2)29-10-9-15-22(13-29)37-26(23(15)25-27-17-7-5-6-8-21(17)36-25)28-24(31)16-11-19(34-3)20(35-4)12-18(16)30(32)33/h5-8,11-12,14H,9-10,13H2,1-4H3,(H,28,31). The minimum absolute atomic E-state index is 0.104. The molecule has 192 valence electrons. The van der Waals surface area contributed by atoms with Crippen molar-refractivity contribution in [2.45, 2.75) is 32.9 Å². The molecule has 11 heteroatoms. The van der Waals surface area contributed by atoms with Crippen molar-refractivity contribution in [3.8, 4) is 22.1 Å². The van der Waals surface area contributed by atoms with Gasteiger partial charge in [0.2, 0.25) is 0 Å². The third-order valence-corrected chi connectivity index (χ3v) is 8.68. The van der Waals surface area contributed by atoms with Crippen LogP contribution >= 0.6 is 22.7 Å². The van der Waals surface area contributed by atoms with Gasteiger partial charge in [-0.2, -0.15) is 0 Å². The van der Waals surface area contributed by atoms with E-state index in [4.69, 9.17) is 14.5 Å². The summed E-state index contributed by atoms with van der Waals surface area (Å²) in [6.07, 6.45) is 0.835. The molecule has 0 saturated carbocycles. The molecule has 4 aromatic rings. The topological polar surface area (TPSA) is 107 Å². The van der Waals surface area contributed by atoms with Crippen LogP contribution in [0.2, 0.25) is 0 Å². The Morgan fingerprint density at radius 3 is 2.57 bits per heavy atom. The van der Waals surface area contributed by atoms with Gasteiger partial charge < -0.3 is 14.8 Å². The molecule has 0 unspecified atom stereocenters. The van der Waals surface area contributed by atoms with Crippen molar-refractivity contribution >= 4 is 49.5 Å². The first-order valence-corrected chi connectivity index (χ1v) is 13.4. The second kappa shape index (κ2) is 10.1. The number of hydrogen-bond acceptors (Lipinski definition) is 9. The molecule has 0 fully saturated rings. The number of thiophene rings is 1. The third kappa shape index (κ3) is 4.65. The van der Waals surface area contributed by atoms with Gasteiger partial charge in [-0.05, 0) is 38.0 Å². The number of nitro benzene ring substituents is 1. The van der Waals surface area contributed by atoms with E-state index in [9.17, 15) is 14.9 Å². The number of carbonyl (C=O) groups excluding carboxylic acids is 1. The predicted molar refractivity (Wildman–Crippen MR) is 146 cm³/mol. The van der Waals surface area contributed by atoms with Crippen LogP contribution in [0, 0.1) is 10.1 Å². The number of fused-ring (bicyclic) bond motifs is 2. The van der Waals surface area contributed by atoms with Crippen LogP contribution < -0.4 is 14.8 Å². The van der Waals surface area contributed by atoms with Gasteiger partial charge in [-0.15, -0.1) is 22.7 Å². The van der Waals surface area contributed by atoms with Gasteiger partial charge in [-0.1, -0.05) is 12.1 Å². The maximum atomic E-state index is 13.5. The van der Waals surface area contributed by atoms with E-state index >= 15 is 0 Å². The van der Waals surface area contributed by atoms with Crippen molar-refractivity contribution < 1.29 is 19.2 Å². The number of aromatic nitrogens is 1. The zero-order valence-electron chi connectivity index (χ0n) is 20.9. The second-order valence-electron chi connectivity index (χ2n) is 8.94. The van der Waals surface area contributed by atoms with Gasteiger partial charge in [0.25, 0.3) is 11.6 Å². The summed E-state index contributed by atoms with van der Waals surface area (Å²) in [5, 5.41) is 16.3. The SMILES string of the molecule is COc1cc(C(=O)Nc2sc3c(c2-c2nc4ccccc4s2)CCN(C(C)C)C3)c([N+](=O)[O-])cc1OC. The molecule has 2 aromatic heterocycles. The Hall–Kier alpha value is -3.54. The number of rotatable bonds is 7. The summed E-state index contributed by atoms with van der Waals surface area (Å²) < 4.78 is 11.6. The first kappa shape index (κ1) is 25.1. The van der Waals surface area contributed by atoms with Crippen molar-refractivity contribution in [2.75, 3.05) is 26.1 Å². The van der Waals surface area contributed by atoms with Gasteiger partial charge in [-0.25, -0.2) is 4.98 Å². The normalized spacial score (nSPS) is 13.5. The van der Waals surface area contributed by atoms with Crippen LogP contribution in [0.3, 0.4) is 0 Å². The molecular formula is C26H26N4O5S2. The summed E-state index contributed by atoms with van der Waals surface area (Å²) in [5.41, 5.74) is 2.52. The molecular weight excluding hydrogens is 512 g/mol. The fourth-order valence-electron chi connectivity index (χ4n) is 4.53. The number of anilines is 1. The van der Waals surface area contributed by atoms with Gasteiger partial charge in [0, 0.05) is 35.6 Å². The van der Waals surface area contributed by atoms with Crippen LogP contribution in [0.5, 0.6) is 11.5 Å². The minimum Gasteiger partial charge on any atom is -0.493 e. The monoisotopic (exact) mass is 538 g/mol. The number of para-hydroxylation sites is 1. The van der Waals surface area contributed by atoms with E-state index in [1.165, 1.54) is 48.1 Å². The Bertz CT molecular complexity index is 1480. The van der Waals surface area contributed by atoms with Gasteiger partial charge in [0.1, 0.15) is 15.6 Å². The lowest BCUT2D eigenvalue weighted by Gasteiger charge is -2.30. The molecule has 1 N–H and O–H groups in total. The van der Waals surface area contributed by atoms with Crippen LogP contribution in [-0.4, -0.2) is 47.5 Å². The average Bonchev–Trinajstić information content (AvgIpc) is 3.47. The molecule has 0 spiro atoms. The zero-order valence-corrected chi connectivity index (χ0v) is 22.5. The number of thiazole rings is 1. The first-order chi connectivity index (χ1) is 17.8. The number of nitrogens with one attached hydrogen (secondary N) is 1. The number of methoxy groups -OCH3 is 2. The van der Waals surface area contributed by atoms with Gasteiger partial charge in [0.05, 0.1) is 35.4 Å². The van der Waals surface area contributed by atoms with Crippen molar-refractivity contribution in [3.63, 3.8) is 0 Å². The minimum atomic E-state index is -0.592. The molecule has 5 rings (SSSR count). The van der Waals surface area contributed by atoms with Crippen molar-refractivity contribution in [1.29, 1.82) is 0 Å². The van der Waals surface area contributed by atoms with Crippen LogP contribution in [0.1, 0.15) is 34.6 Å². The lowest BCUT2D eigenvalue weighted by atomic mass is 10.0. The number of carbonyl (C=O) groups is 1. The number of nitrogens with zero attached hydrogens (tertiary/aromatic N) is 3. The molecule has 9 nitrogen and oxygen atoms in total. The highest BCUT2D eigenvalue weighted by atomic mass is 32.1. The number of amides is 1. The van der Waals surface area contributed by atoms with Crippen molar-refractivity contribution in [2.24, 2.45) is 0 Å². The summed E-state index contributed by atoms with van der Waals surface area (Å²) in [6, 6.07) is 10.9. The summed E-state index contributed by atoms with van der Waals surface area (Å²) in [5.74, 6) is -0.168. The molecule has 0 bridgehead atoms. The van der Waals surface area contributed by atoms with E-state index in [0.29, 0.717) is 11.0 Å². The molecule has 2 aromatic carbocycles. The molecule has 1 aliphatic rings. The van der Waals surface area contributed by atoms with E-state index in [-0.39, 0.29) is 22.7 Å². The average molecular weight is 539 g/mol. The number of benzene rings is 2. The maximum Gasteiger partial charge on any atom is 0.286 e. The number of nitro groups is 1. The Kier molecular flexibility index (Phi) is 6.84. The van der Waals surface area contributed by atoms with E-state index < -0.39 is 10.8 Å². The highest BCUT2D eigenvalue weighted by molar-refractivity contribution is 7.23. The summed E-state index contributed by atoms with van der Waals surface area (Å²) in [6.45, 7) is 6.04.